The van der Waals surface area contributed by atoms with Gasteiger partial charge < -0.3 is 9.84 Å². The second-order valence-corrected chi connectivity index (χ2v) is 3.60. The zero-order chi connectivity index (χ0) is 11.8. The van der Waals surface area contributed by atoms with Crippen LogP contribution in [0.4, 0.5) is 0 Å². The third-order valence-corrected chi connectivity index (χ3v) is 2.33. The number of aliphatic hydroxyl groups is 1. The fourth-order valence-corrected chi connectivity index (χ4v) is 1.30. The van der Waals surface area contributed by atoms with Gasteiger partial charge in [0.2, 0.25) is 0 Å². The number of aliphatic hydroxyl groups excluding tert-OH is 1. The second kappa shape index (κ2) is 6.92. The van der Waals surface area contributed by atoms with Crippen LogP contribution in [-0.2, 0) is 0 Å². The first-order valence-electron chi connectivity index (χ1n) is 5.58. The number of unbranched alkanes of at least 4 members (excludes halogenated alkanes) is 2. The van der Waals surface area contributed by atoms with E-state index in [4.69, 9.17) is 4.74 Å². The molecule has 86 valence electrons. The maximum Gasteiger partial charge on any atom is 0.140 e. The highest BCUT2D eigenvalue weighted by Crippen LogP contribution is 2.16. The van der Waals surface area contributed by atoms with E-state index in [2.05, 4.69) is 18.8 Å². The molecule has 0 saturated heterocycles. The molecule has 1 unspecified atom stereocenters. The zero-order valence-electron chi connectivity index (χ0n) is 9.86. The van der Waals surface area contributed by atoms with E-state index in [-0.39, 0.29) is 0 Å². The predicted octanol–water partition coefficient (Wildman–Crippen LogP) is 2.92. The average molecular weight is 218 g/mol. The summed E-state index contributed by atoms with van der Waals surface area (Å²) < 4.78 is 5.04. The predicted molar refractivity (Wildman–Crippen MR) is 65.3 cm³/mol. The summed E-state index contributed by atoms with van der Waals surface area (Å²) in [5.41, 5.74) is 0.810. The van der Waals surface area contributed by atoms with Crippen LogP contribution in [-0.4, -0.2) is 12.2 Å². The van der Waals surface area contributed by atoms with E-state index in [1.165, 1.54) is 0 Å². The van der Waals surface area contributed by atoms with E-state index >= 15 is 0 Å². The molecule has 0 aliphatic heterocycles. The normalized spacial score (nSPS) is 11.4. The third kappa shape index (κ3) is 3.96. The Morgan fingerprint density at radius 3 is 2.56 bits per heavy atom. The topological polar surface area (TPSA) is 29.5 Å². The van der Waals surface area contributed by atoms with Crippen molar-refractivity contribution in [3.63, 3.8) is 0 Å². The van der Waals surface area contributed by atoms with Gasteiger partial charge in [-0.25, -0.2) is 0 Å². The zero-order valence-corrected chi connectivity index (χ0v) is 9.86. The molecular formula is C14H18O2. The molecule has 0 aliphatic rings. The maximum atomic E-state index is 9.77. The molecule has 0 bridgehead atoms. The van der Waals surface area contributed by atoms with Gasteiger partial charge in [-0.05, 0) is 24.1 Å². The maximum absolute atomic E-state index is 9.77. The molecule has 2 nitrogen and oxygen atoms in total. The average Bonchev–Trinajstić information content (AvgIpc) is 2.34. The Morgan fingerprint density at radius 1 is 1.31 bits per heavy atom. The third-order valence-electron chi connectivity index (χ3n) is 2.33. The van der Waals surface area contributed by atoms with Crippen molar-refractivity contribution in [1.82, 2.24) is 0 Å². The molecule has 0 saturated carbocycles. The summed E-state index contributed by atoms with van der Waals surface area (Å²) >= 11 is 0. The van der Waals surface area contributed by atoms with Crippen LogP contribution < -0.4 is 4.74 Å². The molecule has 1 rings (SSSR count). The number of hydrogen-bond donors (Lipinski definition) is 1. The highest BCUT2D eigenvalue weighted by atomic mass is 16.5. The molecule has 0 amide bonds. The Morgan fingerprint density at radius 2 is 2.00 bits per heavy atom. The van der Waals surface area contributed by atoms with Crippen LogP contribution in [0.1, 0.15) is 37.9 Å². The number of rotatable bonds is 4. The fraction of sp³-hybridized carbons (Fsp3) is 0.429. The van der Waals surface area contributed by atoms with Crippen molar-refractivity contribution in [2.45, 2.75) is 32.3 Å². The smallest absolute Gasteiger partial charge is 0.140 e. The summed E-state index contributed by atoms with van der Waals surface area (Å²) in [6.45, 7) is 2.13. The summed E-state index contributed by atoms with van der Waals surface area (Å²) in [6, 6.07) is 7.31. The number of methoxy groups -OCH3 is 1. The van der Waals surface area contributed by atoms with E-state index in [9.17, 15) is 5.11 Å². The molecule has 0 spiro atoms. The van der Waals surface area contributed by atoms with Gasteiger partial charge in [-0.1, -0.05) is 31.4 Å². The van der Waals surface area contributed by atoms with E-state index in [0.717, 1.165) is 30.6 Å². The second-order valence-electron chi connectivity index (χ2n) is 3.60. The van der Waals surface area contributed by atoms with E-state index < -0.39 is 6.10 Å². The molecular weight excluding hydrogens is 200 g/mol. The first-order valence-corrected chi connectivity index (χ1v) is 5.58. The van der Waals surface area contributed by atoms with Gasteiger partial charge in [0, 0.05) is 6.42 Å². The molecule has 1 aromatic carbocycles. The highest BCUT2D eigenvalue weighted by Gasteiger charge is 2.02. The van der Waals surface area contributed by atoms with Crippen molar-refractivity contribution < 1.29 is 9.84 Å². The lowest BCUT2D eigenvalue weighted by Gasteiger charge is -2.04. The Hall–Kier alpha value is -1.46. The van der Waals surface area contributed by atoms with Crippen LogP contribution in [0.2, 0.25) is 0 Å². The standard InChI is InChI=1S/C14H18O2/c1-3-4-5-6-7-14(15)12-8-10-13(16-2)11-9-12/h8-11,14-15H,3-5H2,1-2H3. The SMILES string of the molecule is CCCCC#CC(O)c1ccc(OC)cc1. The minimum absolute atomic E-state index is 0.692. The van der Waals surface area contributed by atoms with Crippen LogP contribution in [0.3, 0.4) is 0 Å². The van der Waals surface area contributed by atoms with Crippen molar-refractivity contribution >= 4 is 0 Å². The first kappa shape index (κ1) is 12.6. The minimum Gasteiger partial charge on any atom is -0.497 e. The lowest BCUT2D eigenvalue weighted by Crippen LogP contribution is -1.93. The summed E-state index contributed by atoms with van der Waals surface area (Å²) in [7, 11) is 1.62. The van der Waals surface area contributed by atoms with Crippen molar-refractivity contribution in [3.8, 4) is 17.6 Å². The first-order chi connectivity index (χ1) is 7.77. The molecule has 1 N–H and O–H groups in total. The minimum atomic E-state index is -0.692. The fourth-order valence-electron chi connectivity index (χ4n) is 1.30. The summed E-state index contributed by atoms with van der Waals surface area (Å²) in [6.07, 6.45) is 2.38. The Balaban J connectivity index is 2.57. The largest absolute Gasteiger partial charge is 0.497 e. The molecule has 0 aliphatic carbocycles. The molecule has 0 aromatic heterocycles. The Labute approximate surface area is 97.3 Å². The lowest BCUT2D eigenvalue weighted by molar-refractivity contribution is 0.238. The van der Waals surface area contributed by atoms with Gasteiger partial charge in [-0.15, -0.1) is 5.92 Å². The van der Waals surface area contributed by atoms with Gasteiger partial charge in [-0.3, -0.25) is 0 Å². The molecule has 16 heavy (non-hydrogen) atoms. The van der Waals surface area contributed by atoms with Crippen LogP contribution >= 0.6 is 0 Å². The quantitative estimate of drug-likeness (QED) is 0.622. The molecule has 1 atom stereocenters. The monoisotopic (exact) mass is 218 g/mol. The van der Waals surface area contributed by atoms with E-state index in [1.807, 2.05) is 24.3 Å². The molecule has 1 aromatic rings. The Bertz CT molecular complexity index is 357. The van der Waals surface area contributed by atoms with Crippen LogP contribution in [0.15, 0.2) is 24.3 Å². The van der Waals surface area contributed by atoms with Gasteiger partial charge in [-0.2, -0.15) is 0 Å². The molecule has 0 heterocycles. The summed E-state index contributed by atoms with van der Waals surface area (Å²) in [5.74, 6) is 6.60. The lowest BCUT2D eigenvalue weighted by atomic mass is 10.1. The van der Waals surface area contributed by atoms with E-state index in [0.29, 0.717) is 0 Å². The van der Waals surface area contributed by atoms with Crippen molar-refractivity contribution in [2.75, 3.05) is 7.11 Å². The Kier molecular flexibility index (Phi) is 5.45. The number of benzene rings is 1. The van der Waals surface area contributed by atoms with Gasteiger partial charge in [0.25, 0.3) is 0 Å². The van der Waals surface area contributed by atoms with Crippen molar-refractivity contribution in [1.29, 1.82) is 0 Å². The molecule has 2 heteroatoms. The molecule has 0 fully saturated rings. The van der Waals surface area contributed by atoms with Crippen molar-refractivity contribution in [2.24, 2.45) is 0 Å². The van der Waals surface area contributed by atoms with Crippen LogP contribution in [0, 0.1) is 11.8 Å². The van der Waals surface area contributed by atoms with E-state index in [1.54, 1.807) is 7.11 Å². The number of hydrogen-bond acceptors (Lipinski definition) is 2. The van der Waals surface area contributed by atoms with Crippen molar-refractivity contribution in [3.05, 3.63) is 29.8 Å². The van der Waals surface area contributed by atoms with Crippen LogP contribution in [0.25, 0.3) is 0 Å². The van der Waals surface area contributed by atoms with Gasteiger partial charge in [0.1, 0.15) is 11.9 Å². The van der Waals surface area contributed by atoms with Crippen LogP contribution in [0.5, 0.6) is 5.75 Å². The summed E-state index contributed by atoms with van der Waals surface area (Å²) in [4.78, 5) is 0. The summed E-state index contributed by atoms with van der Waals surface area (Å²) in [5, 5.41) is 9.77. The number of ether oxygens (including phenoxy) is 1. The van der Waals surface area contributed by atoms with Gasteiger partial charge in [0.05, 0.1) is 7.11 Å². The van der Waals surface area contributed by atoms with Gasteiger partial charge in [0.15, 0.2) is 0 Å². The van der Waals surface area contributed by atoms with Gasteiger partial charge >= 0.3 is 0 Å². The highest BCUT2D eigenvalue weighted by molar-refractivity contribution is 5.31. The molecule has 0 radical (unpaired) electrons.